The van der Waals surface area contributed by atoms with Crippen LogP contribution < -0.4 is 10.2 Å². The average molecular weight is 303 g/mol. The Labute approximate surface area is 117 Å². The number of H-pyrrole nitrogens is 1. The summed E-state index contributed by atoms with van der Waals surface area (Å²) in [6, 6.07) is -1.21. The van der Waals surface area contributed by atoms with Gasteiger partial charge >= 0.3 is 16.9 Å². The number of carbonyl (C=O) groups is 2. The van der Waals surface area contributed by atoms with E-state index in [9.17, 15) is 14.4 Å². The van der Waals surface area contributed by atoms with E-state index in [0.717, 1.165) is 17.1 Å². The van der Waals surface area contributed by atoms with Crippen molar-refractivity contribution in [2.24, 2.45) is 0 Å². The number of nitrogens with one attached hydrogen (secondary N) is 2. The van der Waals surface area contributed by atoms with Gasteiger partial charge in [0.15, 0.2) is 0 Å². The van der Waals surface area contributed by atoms with Gasteiger partial charge in [-0.05, 0) is 0 Å². The quantitative estimate of drug-likeness (QED) is 0.737. The smallest absolute Gasteiger partial charge is 0.327 e. The van der Waals surface area contributed by atoms with Crippen molar-refractivity contribution in [3.63, 3.8) is 0 Å². The van der Waals surface area contributed by atoms with Gasteiger partial charge in [-0.15, -0.1) is 0 Å². The predicted octanol–water partition coefficient (Wildman–Crippen LogP) is 0.148. The molecular weight excluding hydrogens is 290 g/mol. The molecule has 0 aromatic carbocycles. The van der Waals surface area contributed by atoms with Crippen molar-refractivity contribution in [1.82, 2.24) is 15.2 Å². The summed E-state index contributed by atoms with van der Waals surface area (Å²) in [5, 5.41) is 13.3. The molecule has 1 aromatic rings. The van der Waals surface area contributed by atoms with Gasteiger partial charge in [0.05, 0.1) is 6.54 Å². The Balaban J connectivity index is 1.94. The fraction of sp³-hybridized carbons (Fsp3) is 0.500. The average Bonchev–Trinajstić information content (AvgIpc) is 2.81. The Morgan fingerprint density at radius 2 is 2.37 bits per heavy atom. The van der Waals surface area contributed by atoms with Gasteiger partial charge in [0, 0.05) is 29.1 Å². The molecule has 0 bridgehead atoms. The third-order valence-electron chi connectivity index (χ3n) is 2.68. The Kier molecular flexibility index (Phi) is 4.48. The van der Waals surface area contributed by atoms with Crippen LogP contribution in [0.15, 0.2) is 10.2 Å². The molecular formula is C10H13N3O4S2. The zero-order valence-electron chi connectivity index (χ0n) is 9.92. The van der Waals surface area contributed by atoms with Crippen molar-refractivity contribution in [2.45, 2.75) is 12.6 Å². The standard InChI is InChI=1S/C10H13N3O4S2/c14-8(15)7-5-18-2-1-13(7)9(16)11-3-6-4-19-10(17)12-6/h4,7H,1-3,5H2,(H,11,16)(H,12,17)(H,14,15). The Morgan fingerprint density at radius 1 is 1.58 bits per heavy atom. The summed E-state index contributed by atoms with van der Waals surface area (Å²) < 4.78 is 0. The van der Waals surface area contributed by atoms with E-state index in [1.165, 1.54) is 16.7 Å². The molecule has 104 valence electrons. The van der Waals surface area contributed by atoms with Gasteiger partial charge < -0.3 is 20.3 Å². The van der Waals surface area contributed by atoms with Crippen LogP contribution in [-0.2, 0) is 11.3 Å². The summed E-state index contributed by atoms with van der Waals surface area (Å²) in [5.74, 6) is 0.135. The molecule has 2 amide bonds. The van der Waals surface area contributed by atoms with Crippen LogP contribution in [0.25, 0.3) is 0 Å². The summed E-state index contributed by atoms with van der Waals surface area (Å²) >= 11 is 2.55. The van der Waals surface area contributed by atoms with Crippen molar-refractivity contribution in [3.05, 3.63) is 20.7 Å². The maximum atomic E-state index is 11.9. The lowest BCUT2D eigenvalue weighted by Gasteiger charge is -2.32. The summed E-state index contributed by atoms with van der Waals surface area (Å²) in [6.07, 6.45) is 0. The van der Waals surface area contributed by atoms with E-state index < -0.39 is 18.0 Å². The number of carbonyl (C=O) groups excluding carboxylic acids is 1. The molecule has 2 rings (SSSR count). The summed E-state index contributed by atoms with van der Waals surface area (Å²) in [7, 11) is 0. The number of carboxylic acids is 1. The van der Waals surface area contributed by atoms with Crippen LogP contribution in [0.2, 0.25) is 0 Å². The van der Waals surface area contributed by atoms with E-state index in [1.54, 1.807) is 5.38 Å². The number of thiazole rings is 1. The number of urea groups is 1. The Morgan fingerprint density at radius 3 is 3.00 bits per heavy atom. The number of aromatic amines is 1. The molecule has 0 spiro atoms. The molecule has 9 heteroatoms. The van der Waals surface area contributed by atoms with Crippen LogP contribution in [0.4, 0.5) is 4.79 Å². The number of hydrogen-bond donors (Lipinski definition) is 3. The number of carboxylic acid groups (broad SMARTS) is 1. The fourth-order valence-electron chi connectivity index (χ4n) is 1.72. The van der Waals surface area contributed by atoms with Gasteiger partial charge in [-0.2, -0.15) is 11.8 Å². The summed E-state index contributed by atoms with van der Waals surface area (Å²) in [6.45, 7) is 0.598. The van der Waals surface area contributed by atoms with Crippen molar-refractivity contribution in [1.29, 1.82) is 0 Å². The maximum Gasteiger partial charge on any atom is 0.327 e. The van der Waals surface area contributed by atoms with Crippen LogP contribution in [0, 0.1) is 0 Å². The lowest BCUT2D eigenvalue weighted by Crippen LogP contribution is -2.53. The highest BCUT2D eigenvalue weighted by atomic mass is 32.2. The topological polar surface area (TPSA) is 102 Å². The van der Waals surface area contributed by atoms with E-state index in [4.69, 9.17) is 5.11 Å². The third kappa shape index (κ3) is 3.51. The maximum absolute atomic E-state index is 11.9. The first-order valence-electron chi connectivity index (χ1n) is 5.59. The number of hydrogen-bond acceptors (Lipinski definition) is 5. The molecule has 0 aliphatic carbocycles. The van der Waals surface area contributed by atoms with Crippen LogP contribution in [0.5, 0.6) is 0 Å². The molecule has 19 heavy (non-hydrogen) atoms. The molecule has 3 N–H and O–H groups in total. The second kappa shape index (κ2) is 6.11. The molecule has 2 heterocycles. The third-order valence-corrected chi connectivity index (χ3v) is 4.42. The van der Waals surface area contributed by atoms with Crippen molar-refractivity contribution >= 4 is 35.1 Å². The molecule has 0 radical (unpaired) electrons. The van der Waals surface area contributed by atoms with Gasteiger partial charge in [-0.1, -0.05) is 11.3 Å². The monoisotopic (exact) mass is 303 g/mol. The van der Waals surface area contributed by atoms with Crippen LogP contribution in [0.3, 0.4) is 0 Å². The van der Waals surface area contributed by atoms with Crippen molar-refractivity contribution in [2.75, 3.05) is 18.1 Å². The van der Waals surface area contributed by atoms with Gasteiger partial charge in [0.2, 0.25) is 0 Å². The van der Waals surface area contributed by atoms with Crippen LogP contribution in [0.1, 0.15) is 5.69 Å². The summed E-state index contributed by atoms with van der Waals surface area (Å²) in [5.41, 5.74) is 0.613. The first kappa shape index (κ1) is 13.9. The second-order valence-electron chi connectivity index (χ2n) is 3.95. The molecule has 1 aliphatic heterocycles. The van der Waals surface area contributed by atoms with Crippen molar-refractivity contribution < 1.29 is 14.7 Å². The predicted molar refractivity (Wildman–Crippen MR) is 72.6 cm³/mol. The molecule has 1 fully saturated rings. The van der Waals surface area contributed by atoms with E-state index in [2.05, 4.69) is 10.3 Å². The van der Waals surface area contributed by atoms with Gasteiger partial charge in [-0.25, -0.2) is 9.59 Å². The minimum Gasteiger partial charge on any atom is -0.480 e. The van der Waals surface area contributed by atoms with Gasteiger partial charge in [0.25, 0.3) is 0 Å². The normalized spacial score (nSPS) is 19.2. The number of nitrogens with zero attached hydrogens (tertiary/aromatic N) is 1. The first-order valence-corrected chi connectivity index (χ1v) is 7.63. The Hall–Kier alpha value is -1.48. The van der Waals surface area contributed by atoms with Crippen LogP contribution in [-0.4, -0.2) is 51.1 Å². The lowest BCUT2D eigenvalue weighted by atomic mass is 10.3. The lowest BCUT2D eigenvalue weighted by molar-refractivity contribution is -0.141. The highest BCUT2D eigenvalue weighted by Crippen LogP contribution is 2.16. The molecule has 1 unspecified atom stereocenters. The molecule has 1 aromatic heterocycles. The highest BCUT2D eigenvalue weighted by Gasteiger charge is 2.32. The fourth-order valence-corrected chi connectivity index (χ4v) is 3.34. The number of rotatable bonds is 3. The van der Waals surface area contributed by atoms with E-state index in [-0.39, 0.29) is 11.4 Å². The van der Waals surface area contributed by atoms with Gasteiger partial charge in [0.1, 0.15) is 6.04 Å². The van der Waals surface area contributed by atoms with Gasteiger partial charge in [-0.3, -0.25) is 4.79 Å². The molecule has 7 nitrogen and oxygen atoms in total. The zero-order valence-corrected chi connectivity index (χ0v) is 11.6. The van der Waals surface area contributed by atoms with E-state index >= 15 is 0 Å². The van der Waals surface area contributed by atoms with Crippen molar-refractivity contribution in [3.8, 4) is 0 Å². The van der Waals surface area contributed by atoms with E-state index in [1.807, 2.05) is 0 Å². The second-order valence-corrected chi connectivity index (χ2v) is 5.95. The number of amides is 2. The molecule has 0 saturated carbocycles. The number of aliphatic carboxylic acids is 1. The largest absolute Gasteiger partial charge is 0.480 e. The van der Waals surface area contributed by atoms with Crippen LogP contribution >= 0.6 is 23.1 Å². The minimum absolute atomic E-state index is 0.179. The first-order chi connectivity index (χ1) is 9.08. The molecule has 1 aliphatic rings. The Bertz CT molecular complexity index is 527. The van der Waals surface area contributed by atoms with E-state index in [0.29, 0.717) is 18.0 Å². The highest BCUT2D eigenvalue weighted by molar-refractivity contribution is 7.99. The number of thioether (sulfide) groups is 1. The molecule has 1 saturated heterocycles. The minimum atomic E-state index is -0.994. The summed E-state index contributed by atoms with van der Waals surface area (Å²) in [4.78, 5) is 37.7. The molecule has 1 atom stereocenters. The zero-order chi connectivity index (χ0) is 13.8. The number of aromatic nitrogens is 1. The SMILES string of the molecule is O=C(O)C1CSCCN1C(=O)NCc1csc(=O)[nH]1.